The Balaban J connectivity index is 1.69. The summed E-state index contributed by atoms with van der Waals surface area (Å²) in [5, 5.41) is 5.58. The Hall–Kier alpha value is -2.90. The monoisotopic (exact) mass is 389 g/mol. The largest absolute Gasteiger partial charge is 0.427 e. The molecule has 1 saturated heterocycles. The zero-order chi connectivity index (χ0) is 20.7. The van der Waals surface area contributed by atoms with Crippen LogP contribution in [0.15, 0.2) is 24.3 Å². The van der Waals surface area contributed by atoms with E-state index in [2.05, 4.69) is 10.6 Å². The number of esters is 1. The summed E-state index contributed by atoms with van der Waals surface area (Å²) in [6, 6.07) is 6.45. The van der Waals surface area contributed by atoms with Crippen molar-refractivity contribution in [3.63, 3.8) is 0 Å². The molecule has 3 amide bonds. The van der Waals surface area contributed by atoms with Crippen LogP contribution in [-0.4, -0.2) is 54.3 Å². The van der Waals surface area contributed by atoms with Gasteiger partial charge in [0.1, 0.15) is 5.75 Å². The molecule has 1 aliphatic rings. The lowest BCUT2D eigenvalue weighted by molar-refractivity contribution is -0.132. The van der Waals surface area contributed by atoms with Gasteiger partial charge >= 0.3 is 5.97 Å². The lowest BCUT2D eigenvalue weighted by Crippen LogP contribution is -2.36. The van der Waals surface area contributed by atoms with Crippen LogP contribution < -0.4 is 15.4 Å². The zero-order valence-electron chi connectivity index (χ0n) is 16.5. The summed E-state index contributed by atoms with van der Waals surface area (Å²) >= 11 is 0. The van der Waals surface area contributed by atoms with Gasteiger partial charge in [0.2, 0.25) is 11.8 Å². The quantitative estimate of drug-likeness (QED) is 0.394. The lowest BCUT2D eigenvalue weighted by atomic mass is 10.1. The van der Waals surface area contributed by atoms with Crippen LogP contribution in [0.3, 0.4) is 0 Å². The topological polar surface area (TPSA) is 105 Å². The molecule has 0 bridgehead atoms. The van der Waals surface area contributed by atoms with E-state index in [0.29, 0.717) is 37.4 Å². The summed E-state index contributed by atoms with van der Waals surface area (Å²) in [4.78, 5) is 48.9. The Bertz CT molecular complexity index is 747. The van der Waals surface area contributed by atoms with Crippen LogP contribution >= 0.6 is 0 Å². The first-order valence-electron chi connectivity index (χ1n) is 9.41. The van der Waals surface area contributed by atoms with Gasteiger partial charge < -0.3 is 20.3 Å². The van der Waals surface area contributed by atoms with E-state index >= 15 is 0 Å². The second kappa shape index (κ2) is 9.87. The molecule has 0 spiro atoms. The number of ether oxygens (including phenoxy) is 1. The molecular formula is C20H27N3O5. The van der Waals surface area contributed by atoms with Crippen LogP contribution in [0.4, 0.5) is 0 Å². The predicted octanol–water partition coefficient (Wildman–Crippen LogP) is 1.10. The summed E-state index contributed by atoms with van der Waals surface area (Å²) in [6.45, 7) is 6.42. The van der Waals surface area contributed by atoms with E-state index in [4.69, 9.17) is 4.74 Å². The second-order valence-corrected chi connectivity index (χ2v) is 7.06. The fraction of sp³-hybridized carbons (Fsp3) is 0.500. The molecule has 1 atom stereocenters. The predicted molar refractivity (Wildman–Crippen MR) is 103 cm³/mol. The molecule has 2 N–H and O–H groups in total. The average molecular weight is 389 g/mol. The Kier molecular flexibility index (Phi) is 7.54. The van der Waals surface area contributed by atoms with E-state index in [0.717, 1.165) is 0 Å². The minimum atomic E-state index is -0.450. The first kappa shape index (κ1) is 21.4. The van der Waals surface area contributed by atoms with Crippen LogP contribution in [0.25, 0.3) is 0 Å². The molecule has 0 aliphatic carbocycles. The average Bonchev–Trinajstić information content (AvgIpc) is 3.03. The number of carbonyl (C=O) groups is 4. The fourth-order valence-electron chi connectivity index (χ4n) is 3.02. The number of nitrogens with zero attached hydrogens (tertiary/aromatic N) is 1. The summed E-state index contributed by atoms with van der Waals surface area (Å²) in [7, 11) is 0. The molecule has 1 aliphatic heterocycles. The Labute approximate surface area is 164 Å². The molecule has 152 valence electrons. The maximum atomic E-state index is 12.2. The molecule has 8 heteroatoms. The molecule has 0 saturated carbocycles. The standard InChI is InChI=1S/C20H27N3O5/c1-13(2)23-12-16(11-18(23)25)20(27)22-9-5-8-21-19(26)15-6-4-7-17(10-15)28-14(3)24/h4,6-7,10,13,16H,5,8-9,11-12H2,1-3H3,(H,21,26)(H,22,27). The number of carbonyl (C=O) groups excluding carboxylic acids is 4. The highest BCUT2D eigenvalue weighted by atomic mass is 16.5. The van der Waals surface area contributed by atoms with Gasteiger partial charge in [-0.3, -0.25) is 19.2 Å². The molecule has 1 aromatic carbocycles. The van der Waals surface area contributed by atoms with E-state index in [9.17, 15) is 19.2 Å². The minimum absolute atomic E-state index is 0.0124. The molecule has 28 heavy (non-hydrogen) atoms. The van der Waals surface area contributed by atoms with Crippen molar-refractivity contribution in [3.05, 3.63) is 29.8 Å². The summed E-state index contributed by atoms with van der Waals surface area (Å²) in [6.07, 6.45) is 0.815. The van der Waals surface area contributed by atoms with Crippen molar-refractivity contribution in [3.8, 4) is 5.75 Å². The van der Waals surface area contributed by atoms with Crippen molar-refractivity contribution in [1.29, 1.82) is 0 Å². The van der Waals surface area contributed by atoms with Crippen molar-refractivity contribution in [2.75, 3.05) is 19.6 Å². The molecule has 0 aromatic heterocycles. The van der Waals surface area contributed by atoms with Crippen LogP contribution in [0.1, 0.15) is 44.0 Å². The van der Waals surface area contributed by atoms with E-state index < -0.39 is 5.97 Å². The van der Waals surface area contributed by atoms with E-state index in [1.54, 1.807) is 23.1 Å². The van der Waals surface area contributed by atoms with Gasteiger partial charge in [-0.2, -0.15) is 0 Å². The smallest absolute Gasteiger partial charge is 0.308 e. The first-order chi connectivity index (χ1) is 13.3. The highest BCUT2D eigenvalue weighted by molar-refractivity contribution is 5.94. The van der Waals surface area contributed by atoms with Crippen molar-refractivity contribution in [2.45, 2.75) is 39.7 Å². The van der Waals surface area contributed by atoms with Gasteiger partial charge in [0.05, 0.1) is 5.92 Å². The number of likely N-dealkylation sites (tertiary alicyclic amines) is 1. The van der Waals surface area contributed by atoms with Crippen LogP contribution in [0, 0.1) is 5.92 Å². The van der Waals surface area contributed by atoms with Crippen molar-refractivity contribution < 1.29 is 23.9 Å². The van der Waals surface area contributed by atoms with Crippen LogP contribution in [0.2, 0.25) is 0 Å². The summed E-state index contributed by atoms with van der Waals surface area (Å²) < 4.78 is 4.96. The third-order valence-corrected chi connectivity index (χ3v) is 4.45. The number of amides is 3. The fourth-order valence-corrected chi connectivity index (χ4v) is 3.02. The number of nitrogens with one attached hydrogen (secondary N) is 2. The Morgan fingerprint density at radius 1 is 1.21 bits per heavy atom. The number of hydrogen-bond acceptors (Lipinski definition) is 5. The minimum Gasteiger partial charge on any atom is -0.427 e. The molecular weight excluding hydrogens is 362 g/mol. The molecule has 1 heterocycles. The van der Waals surface area contributed by atoms with Crippen molar-refractivity contribution in [1.82, 2.24) is 15.5 Å². The van der Waals surface area contributed by atoms with Crippen molar-refractivity contribution >= 4 is 23.7 Å². The molecule has 1 fully saturated rings. The van der Waals surface area contributed by atoms with Gasteiger partial charge in [-0.05, 0) is 38.5 Å². The normalized spacial score (nSPS) is 16.2. The second-order valence-electron chi connectivity index (χ2n) is 7.06. The highest BCUT2D eigenvalue weighted by Gasteiger charge is 2.35. The van der Waals surface area contributed by atoms with Gasteiger partial charge in [-0.1, -0.05) is 6.07 Å². The van der Waals surface area contributed by atoms with Gasteiger partial charge in [-0.25, -0.2) is 0 Å². The number of hydrogen-bond donors (Lipinski definition) is 2. The Morgan fingerprint density at radius 3 is 2.57 bits per heavy atom. The van der Waals surface area contributed by atoms with Gasteiger partial charge in [-0.15, -0.1) is 0 Å². The molecule has 1 aromatic rings. The zero-order valence-corrected chi connectivity index (χ0v) is 16.5. The Morgan fingerprint density at radius 2 is 1.93 bits per heavy atom. The third kappa shape index (κ3) is 6.07. The molecule has 1 unspecified atom stereocenters. The molecule has 0 radical (unpaired) electrons. The third-order valence-electron chi connectivity index (χ3n) is 4.45. The molecule has 2 rings (SSSR count). The first-order valence-corrected chi connectivity index (χ1v) is 9.41. The van der Waals surface area contributed by atoms with Crippen LogP contribution in [-0.2, 0) is 14.4 Å². The van der Waals surface area contributed by atoms with E-state index in [-0.39, 0.29) is 36.1 Å². The summed E-state index contributed by atoms with van der Waals surface area (Å²) in [5.41, 5.74) is 0.390. The maximum Gasteiger partial charge on any atom is 0.308 e. The van der Waals surface area contributed by atoms with Gasteiger partial charge in [0.25, 0.3) is 5.91 Å². The maximum absolute atomic E-state index is 12.2. The SMILES string of the molecule is CC(=O)Oc1cccc(C(=O)NCCCNC(=O)C2CC(=O)N(C(C)C)C2)c1. The molecule has 8 nitrogen and oxygen atoms in total. The van der Waals surface area contributed by atoms with Crippen LogP contribution in [0.5, 0.6) is 5.75 Å². The lowest BCUT2D eigenvalue weighted by Gasteiger charge is -2.20. The highest BCUT2D eigenvalue weighted by Crippen LogP contribution is 2.20. The number of benzene rings is 1. The van der Waals surface area contributed by atoms with Crippen molar-refractivity contribution in [2.24, 2.45) is 5.92 Å². The number of rotatable bonds is 8. The van der Waals surface area contributed by atoms with Gasteiger partial charge in [0, 0.05) is 44.6 Å². The van der Waals surface area contributed by atoms with E-state index in [1.165, 1.54) is 13.0 Å². The van der Waals surface area contributed by atoms with Gasteiger partial charge in [0.15, 0.2) is 0 Å². The summed E-state index contributed by atoms with van der Waals surface area (Å²) in [5.74, 6) is -0.846. The van der Waals surface area contributed by atoms with E-state index in [1.807, 2.05) is 13.8 Å².